The van der Waals surface area contributed by atoms with E-state index in [2.05, 4.69) is 20.2 Å². The normalized spacial score (nSPS) is 19.4. The predicted molar refractivity (Wildman–Crippen MR) is 76.4 cm³/mol. The van der Waals surface area contributed by atoms with Crippen LogP contribution < -0.4 is 4.90 Å². The van der Waals surface area contributed by atoms with E-state index in [1.807, 2.05) is 6.92 Å². The van der Waals surface area contributed by atoms with E-state index >= 15 is 0 Å². The molecule has 6 nitrogen and oxygen atoms in total. The first-order valence-corrected chi connectivity index (χ1v) is 7.30. The zero-order valence-electron chi connectivity index (χ0n) is 11.1. The molecule has 0 spiro atoms. The van der Waals surface area contributed by atoms with Crippen molar-refractivity contribution in [3.05, 3.63) is 17.3 Å². The van der Waals surface area contributed by atoms with Gasteiger partial charge in [0.25, 0.3) is 0 Å². The molecule has 0 radical (unpaired) electrons. The van der Waals surface area contributed by atoms with Gasteiger partial charge in [0.1, 0.15) is 12.1 Å². The molecule has 1 aliphatic heterocycles. The average molecular weight is 293 g/mol. The molecule has 1 unspecified atom stereocenters. The summed E-state index contributed by atoms with van der Waals surface area (Å²) in [4.78, 5) is 21.6. The van der Waals surface area contributed by atoms with Gasteiger partial charge in [0.2, 0.25) is 0 Å². The number of morpholine rings is 1. The lowest BCUT2D eigenvalue weighted by Gasteiger charge is -2.33. The fourth-order valence-corrected chi connectivity index (χ4v) is 3.43. The number of hydrogen-bond acceptors (Lipinski definition) is 6. The monoisotopic (exact) mass is 293 g/mol. The van der Waals surface area contributed by atoms with Gasteiger partial charge in [0, 0.05) is 13.1 Å². The zero-order chi connectivity index (χ0) is 14.1. The second kappa shape index (κ2) is 5.34. The number of aryl methyl sites for hydroxylation is 1. The lowest BCUT2D eigenvalue weighted by Crippen LogP contribution is -2.43. The van der Waals surface area contributed by atoms with Crippen molar-refractivity contribution in [1.29, 1.82) is 0 Å². The third-order valence-electron chi connectivity index (χ3n) is 3.35. The number of carboxylic acid groups (broad SMARTS) is 1. The summed E-state index contributed by atoms with van der Waals surface area (Å²) in [6.45, 7) is 3.82. The van der Waals surface area contributed by atoms with Crippen molar-refractivity contribution in [2.45, 2.75) is 19.4 Å². The van der Waals surface area contributed by atoms with Crippen LogP contribution in [-0.2, 0) is 9.53 Å². The van der Waals surface area contributed by atoms with Crippen molar-refractivity contribution in [3.8, 4) is 0 Å². The van der Waals surface area contributed by atoms with Crippen LogP contribution in [0, 0.1) is 6.92 Å². The van der Waals surface area contributed by atoms with E-state index in [1.54, 1.807) is 17.7 Å². The highest BCUT2D eigenvalue weighted by Crippen LogP contribution is 2.31. The predicted octanol–water partition coefficient (Wildman–Crippen LogP) is 1.68. The summed E-state index contributed by atoms with van der Waals surface area (Å²) in [7, 11) is 0. The van der Waals surface area contributed by atoms with Crippen LogP contribution in [0.3, 0.4) is 0 Å². The first kappa shape index (κ1) is 13.3. The lowest BCUT2D eigenvalue weighted by molar-refractivity contribution is -0.140. The molecule has 2 aromatic heterocycles. The molecular formula is C13H15N3O3S. The van der Waals surface area contributed by atoms with Crippen LogP contribution in [0.5, 0.6) is 0 Å². The fraction of sp³-hybridized carbons (Fsp3) is 0.462. The van der Waals surface area contributed by atoms with Crippen molar-refractivity contribution in [1.82, 2.24) is 9.97 Å². The maximum Gasteiger partial charge on any atom is 0.306 e. The minimum absolute atomic E-state index is 0.0220. The molecule has 1 atom stereocenters. The van der Waals surface area contributed by atoms with Gasteiger partial charge in [0.05, 0.1) is 29.3 Å². The highest BCUT2D eigenvalue weighted by atomic mass is 32.1. The van der Waals surface area contributed by atoms with Gasteiger partial charge in [-0.25, -0.2) is 9.97 Å². The van der Waals surface area contributed by atoms with Gasteiger partial charge in [-0.15, -0.1) is 11.3 Å². The van der Waals surface area contributed by atoms with Gasteiger partial charge in [0.15, 0.2) is 0 Å². The van der Waals surface area contributed by atoms with Crippen LogP contribution in [-0.4, -0.2) is 46.8 Å². The summed E-state index contributed by atoms with van der Waals surface area (Å²) < 4.78 is 6.55. The highest BCUT2D eigenvalue weighted by Gasteiger charge is 2.25. The van der Waals surface area contributed by atoms with Gasteiger partial charge >= 0.3 is 5.97 Å². The number of anilines is 1. The van der Waals surface area contributed by atoms with Crippen molar-refractivity contribution >= 4 is 33.3 Å². The molecule has 0 amide bonds. The number of nitrogens with zero attached hydrogens (tertiary/aromatic N) is 3. The molecule has 7 heteroatoms. The average Bonchev–Trinajstić information content (AvgIpc) is 2.80. The molecule has 3 heterocycles. The van der Waals surface area contributed by atoms with Gasteiger partial charge in [-0.05, 0) is 17.9 Å². The zero-order valence-corrected chi connectivity index (χ0v) is 11.9. The Kier molecular flexibility index (Phi) is 3.54. The largest absolute Gasteiger partial charge is 0.481 e. The summed E-state index contributed by atoms with van der Waals surface area (Å²) in [6.07, 6.45) is 1.31. The quantitative estimate of drug-likeness (QED) is 0.928. The molecule has 2 aromatic rings. The summed E-state index contributed by atoms with van der Waals surface area (Å²) in [5.74, 6) is 0.0449. The SMILES string of the molecule is Cc1csc2c(N3CCOC(CC(=O)O)C3)ncnc12. The first-order valence-electron chi connectivity index (χ1n) is 6.42. The van der Waals surface area contributed by atoms with Gasteiger partial charge in [-0.3, -0.25) is 4.79 Å². The Morgan fingerprint density at radius 2 is 2.45 bits per heavy atom. The van der Waals surface area contributed by atoms with Crippen molar-refractivity contribution < 1.29 is 14.6 Å². The molecule has 0 bridgehead atoms. The highest BCUT2D eigenvalue weighted by molar-refractivity contribution is 7.18. The minimum Gasteiger partial charge on any atom is -0.481 e. The van der Waals surface area contributed by atoms with Crippen LogP contribution in [0.2, 0.25) is 0 Å². The Morgan fingerprint density at radius 1 is 1.60 bits per heavy atom. The van der Waals surface area contributed by atoms with Crippen molar-refractivity contribution in [2.75, 3.05) is 24.6 Å². The minimum atomic E-state index is -0.836. The molecule has 3 rings (SSSR count). The van der Waals surface area contributed by atoms with Crippen LogP contribution >= 0.6 is 11.3 Å². The van der Waals surface area contributed by atoms with Crippen molar-refractivity contribution in [3.63, 3.8) is 0 Å². The molecule has 0 saturated carbocycles. The molecule has 0 aliphatic carbocycles. The Balaban J connectivity index is 1.88. The summed E-state index contributed by atoms with van der Waals surface area (Å²) >= 11 is 1.63. The van der Waals surface area contributed by atoms with Crippen molar-refractivity contribution in [2.24, 2.45) is 0 Å². The Hall–Kier alpha value is -1.73. The number of fused-ring (bicyclic) bond motifs is 1. The van der Waals surface area contributed by atoms with Crippen LogP contribution in [0.4, 0.5) is 5.82 Å². The van der Waals surface area contributed by atoms with Gasteiger partial charge in [-0.1, -0.05) is 0 Å². The molecule has 1 saturated heterocycles. The maximum atomic E-state index is 10.8. The van der Waals surface area contributed by atoms with E-state index < -0.39 is 5.97 Å². The van der Waals surface area contributed by atoms with E-state index in [0.717, 1.165) is 28.1 Å². The standard InChI is InChI=1S/C13H15N3O3S/c1-8-6-20-12-11(8)14-7-15-13(12)16-2-3-19-9(5-16)4-10(17)18/h6-7,9H,2-5H2,1H3,(H,17,18). The number of aromatic nitrogens is 2. The molecule has 1 aliphatic rings. The molecule has 1 N–H and O–H groups in total. The summed E-state index contributed by atoms with van der Waals surface area (Å²) in [5.41, 5.74) is 2.12. The van der Waals surface area contributed by atoms with E-state index in [4.69, 9.17) is 9.84 Å². The second-order valence-corrected chi connectivity index (χ2v) is 5.71. The number of rotatable bonds is 3. The van der Waals surface area contributed by atoms with E-state index in [9.17, 15) is 4.79 Å². The lowest BCUT2D eigenvalue weighted by atomic mass is 10.2. The van der Waals surface area contributed by atoms with E-state index in [1.165, 1.54) is 0 Å². The summed E-state index contributed by atoms with van der Waals surface area (Å²) in [6, 6.07) is 0. The smallest absolute Gasteiger partial charge is 0.306 e. The van der Waals surface area contributed by atoms with E-state index in [0.29, 0.717) is 13.2 Å². The van der Waals surface area contributed by atoms with Crippen LogP contribution in [0.15, 0.2) is 11.7 Å². The third kappa shape index (κ3) is 2.46. The number of thiophene rings is 1. The number of hydrogen-bond donors (Lipinski definition) is 1. The fourth-order valence-electron chi connectivity index (χ4n) is 2.41. The molecule has 106 valence electrons. The first-order chi connectivity index (χ1) is 9.65. The van der Waals surface area contributed by atoms with Crippen LogP contribution in [0.1, 0.15) is 12.0 Å². The third-order valence-corrected chi connectivity index (χ3v) is 4.44. The summed E-state index contributed by atoms with van der Waals surface area (Å²) in [5, 5.41) is 10.9. The molecule has 0 aromatic carbocycles. The second-order valence-electron chi connectivity index (χ2n) is 4.83. The molecule has 1 fully saturated rings. The number of ether oxygens (including phenoxy) is 1. The maximum absolute atomic E-state index is 10.8. The molecular weight excluding hydrogens is 278 g/mol. The number of carboxylic acids is 1. The number of aliphatic carboxylic acids is 1. The van der Waals surface area contributed by atoms with Crippen LogP contribution in [0.25, 0.3) is 10.2 Å². The Morgan fingerprint density at radius 3 is 3.25 bits per heavy atom. The molecule has 20 heavy (non-hydrogen) atoms. The van der Waals surface area contributed by atoms with E-state index in [-0.39, 0.29) is 12.5 Å². The van der Waals surface area contributed by atoms with Gasteiger partial charge < -0.3 is 14.7 Å². The topological polar surface area (TPSA) is 75.5 Å². The van der Waals surface area contributed by atoms with Gasteiger partial charge in [-0.2, -0.15) is 0 Å². The Labute approximate surface area is 120 Å². The number of carbonyl (C=O) groups is 1. The Bertz CT molecular complexity index is 643.